The van der Waals surface area contributed by atoms with Crippen LogP contribution in [0.3, 0.4) is 0 Å². The molecule has 0 aliphatic carbocycles. The number of anilines is 4. The van der Waals surface area contributed by atoms with Crippen LogP contribution < -0.4 is 19.6 Å². The fourth-order valence-corrected chi connectivity index (χ4v) is 17.9. The Hall–Kier alpha value is -9.28. The summed E-state index contributed by atoms with van der Waals surface area (Å²) < 4.78 is 46.8. The maximum Gasteiger partial charge on any atom is 0.207 e. The van der Waals surface area contributed by atoms with Gasteiger partial charge in [0.05, 0.1) is 30.4 Å². The Morgan fingerprint density at radius 3 is 1.26 bits per heavy atom. The van der Waals surface area contributed by atoms with Crippen LogP contribution >= 0.6 is 11.3 Å². The predicted molar refractivity (Wildman–Crippen MR) is 418 cm³/mol. The second-order valence-corrected chi connectivity index (χ2v) is 29.8. The first-order valence-electron chi connectivity index (χ1n) is 33.5. The van der Waals surface area contributed by atoms with Gasteiger partial charge in [-0.2, -0.15) is 148 Å². The Kier molecular flexibility index (Phi) is 22.9. The van der Waals surface area contributed by atoms with Crippen LogP contribution in [-0.2, 0) is 101 Å². The zero-order valence-electron chi connectivity index (χ0n) is 57.8. The molecule has 14 aromatic rings. The number of fused-ring (bicyclic) bond motifs is 12. The first-order chi connectivity index (χ1) is 50.4. The minimum atomic E-state index is -3.43. The molecule has 6 aliphatic heterocycles. The zero-order chi connectivity index (χ0) is 69.9. The van der Waals surface area contributed by atoms with E-state index in [-0.39, 0.29) is 80.4 Å². The molecule has 12 nitrogen and oxygen atoms in total. The van der Waals surface area contributed by atoms with Crippen molar-refractivity contribution in [3.05, 3.63) is 365 Å². The van der Waals surface area contributed by atoms with Gasteiger partial charge in [-0.15, -0.1) is 34.1 Å². The van der Waals surface area contributed by atoms with Crippen LogP contribution in [0.15, 0.2) is 316 Å². The Labute approximate surface area is 684 Å². The molecule has 8 heterocycles. The van der Waals surface area contributed by atoms with E-state index < -0.39 is 20.6 Å². The standard InChI is InChI=1S/C22H16N2O2S.C22H16N2OS.C22H16N2O.C22H16N2S.4Ir/c1-23-15-24(17-7-3-2-4-8-17)14-20(23)16-11-12-22-19(13-16)18-9-5-6-10-21(18)27(22,25)26;1-23-15-24(17-7-3-2-4-8-17)14-20(23)16-11-12-22-19(13-16)18-9-5-6-10-21(18)26(22)25;2*1-23-15-24(17-7-3-2-4-8-17)14-20(23)16-11-12-22-19(13-16)18-9-5-6-10-21(18)25-22;;;;/h2-7,9-15H,1H3;2-7,9-15H,1H3;2*2-7,9-15H,1H3;;;;/q4*-2;;;;. The Morgan fingerprint density at radius 2 is 0.729 bits per heavy atom. The second kappa shape index (κ2) is 32.3. The number of furan rings is 1. The number of hydrogen-bond acceptors (Lipinski definition) is 13. The molecule has 2 aromatic heterocycles. The molecule has 0 saturated carbocycles. The van der Waals surface area contributed by atoms with Gasteiger partial charge in [-0.3, -0.25) is 0 Å². The molecule has 0 N–H and O–H groups in total. The molecule has 4 radical (unpaired) electrons. The van der Waals surface area contributed by atoms with Crippen molar-refractivity contribution in [1.29, 1.82) is 0 Å². The summed E-state index contributed by atoms with van der Waals surface area (Å²) in [5, 5.41) is 4.96. The van der Waals surface area contributed by atoms with Gasteiger partial charge in [-0.05, 0) is 160 Å². The first-order valence-corrected chi connectivity index (χ1v) is 37.0. The molecular formula is C88H64Ir4N8O4S3-8. The van der Waals surface area contributed by atoms with Gasteiger partial charge in [0.2, 0.25) is 9.84 Å². The summed E-state index contributed by atoms with van der Waals surface area (Å²) in [5.74, 6) is 0. The average molecular weight is 2160 g/mol. The molecule has 20 rings (SSSR count). The van der Waals surface area contributed by atoms with Crippen molar-refractivity contribution >= 4 is 120 Å². The summed E-state index contributed by atoms with van der Waals surface area (Å²) in [6.07, 6.45) is 8.44. The zero-order valence-corrected chi connectivity index (χ0v) is 69.8. The third-order valence-corrected chi connectivity index (χ3v) is 23.4. The maximum absolute atomic E-state index is 12.8. The van der Waals surface area contributed by atoms with E-state index in [0.717, 1.165) is 111 Å². The van der Waals surface area contributed by atoms with Gasteiger partial charge < -0.3 is 43.6 Å². The fraction of sp³-hybridized carbons (Fsp3) is 0.0455. The van der Waals surface area contributed by atoms with Gasteiger partial charge in [0, 0.05) is 151 Å². The Morgan fingerprint density at radius 1 is 0.346 bits per heavy atom. The SMILES string of the molecule is CN1[CH-]N(c2[c-]cccc2)C=C1c1ccc2c(c1)-c1ccccc1S2(=O)=O.CN1[CH-]N(c2[c-]cccc2)C=C1c1ccc2c(c1)-c1ccccc1S2=O.CN1[CH-]N(c2[c-]cccc2)C=C1c1ccc2oc3ccccc3c2c1.CN1[CH-]N(c2[c-]cccc2)C=C1c1ccc2sc3ccccc3c2c1.[Ir].[Ir].[Ir].[Ir]. The molecule has 0 bridgehead atoms. The minimum Gasteiger partial charge on any atom is -0.504 e. The Bertz CT molecular complexity index is 5720. The van der Waals surface area contributed by atoms with Crippen LogP contribution in [0.2, 0.25) is 0 Å². The van der Waals surface area contributed by atoms with Crippen molar-refractivity contribution in [3.63, 3.8) is 0 Å². The summed E-state index contributed by atoms with van der Waals surface area (Å²) in [7, 11) is 3.65. The monoisotopic (exact) mass is 2160 g/mol. The molecule has 1 atom stereocenters. The molecule has 0 fully saturated rings. The molecule has 0 spiro atoms. The number of sulfone groups is 1. The van der Waals surface area contributed by atoms with Crippen LogP contribution in [0, 0.1) is 50.9 Å². The van der Waals surface area contributed by atoms with Crippen molar-refractivity contribution in [1.82, 2.24) is 19.6 Å². The average Bonchev–Trinajstić information content (AvgIpc) is 1.58. The van der Waals surface area contributed by atoms with E-state index in [2.05, 4.69) is 191 Å². The first kappa shape index (κ1) is 75.9. The minimum absolute atomic E-state index is 0. The van der Waals surface area contributed by atoms with Crippen molar-refractivity contribution in [2.24, 2.45) is 0 Å². The van der Waals surface area contributed by atoms with E-state index in [9.17, 15) is 12.6 Å². The number of rotatable bonds is 8. The molecule has 19 heteroatoms. The van der Waals surface area contributed by atoms with Crippen LogP contribution in [0.25, 0.3) is 87.2 Å². The fourth-order valence-electron chi connectivity index (χ4n) is 13.8. The van der Waals surface area contributed by atoms with Crippen LogP contribution in [0.1, 0.15) is 22.3 Å². The predicted octanol–water partition coefficient (Wildman–Crippen LogP) is 19.6. The van der Waals surface area contributed by atoms with Gasteiger partial charge in [0.1, 0.15) is 11.2 Å². The van der Waals surface area contributed by atoms with E-state index in [0.29, 0.717) is 9.79 Å². The topological polar surface area (TPSA) is 90.3 Å². The Balaban J connectivity index is 0.000000125. The van der Waals surface area contributed by atoms with E-state index in [1.165, 1.54) is 31.4 Å². The van der Waals surface area contributed by atoms with Crippen LogP contribution in [-0.4, -0.2) is 60.4 Å². The molecule has 107 heavy (non-hydrogen) atoms. The molecule has 12 aromatic carbocycles. The third kappa shape index (κ3) is 14.7. The number of nitrogens with zero attached hydrogens (tertiary/aromatic N) is 8. The molecular weight excluding hydrogens is 2100 g/mol. The molecule has 542 valence electrons. The second-order valence-electron chi connectivity index (χ2n) is 25.4. The van der Waals surface area contributed by atoms with Gasteiger partial charge in [0.15, 0.2) is 0 Å². The quantitative estimate of drug-likeness (QED) is 0.136. The van der Waals surface area contributed by atoms with Crippen molar-refractivity contribution in [3.8, 4) is 22.3 Å². The number of benzene rings is 12. The smallest absolute Gasteiger partial charge is 0.207 e. The van der Waals surface area contributed by atoms with Crippen molar-refractivity contribution < 1.29 is 97.5 Å². The summed E-state index contributed by atoms with van der Waals surface area (Å²) in [4.78, 5) is 19.3. The van der Waals surface area contributed by atoms with E-state index in [4.69, 9.17) is 4.42 Å². The van der Waals surface area contributed by atoms with Gasteiger partial charge in [-0.1, -0.05) is 91.0 Å². The molecule has 0 amide bonds. The van der Waals surface area contributed by atoms with Crippen LogP contribution in [0.4, 0.5) is 22.7 Å². The van der Waals surface area contributed by atoms with Gasteiger partial charge >= 0.3 is 0 Å². The third-order valence-electron chi connectivity index (χ3n) is 18.9. The van der Waals surface area contributed by atoms with Crippen LogP contribution in [0.5, 0.6) is 0 Å². The summed E-state index contributed by atoms with van der Waals surface area (Å²) in [6, 6.07) is 102. The summed E-state index contributed by atoms with van der Waals surface area (Å²) >= 11 is 1.85. The van der Waals surface area contributed by atoms with Gasteiger partial charge in [-0.25, -0.2) is 12.6 Å². The summed E-state index contributed by atoms with van der Waals surface area (Å²) in [5.41, 5.74) is 18.4. The van der Waals surface area contributed by atoms with Crippen molar-refractivity contribution in [2.45, 2.75) is 19.6 Å². The number of hydrogen-bond donors (Lipinski definition) is 0. The largest absolute Gasteiger partial charge is 0.504 e. The number of thiophene rings is 1. The molecule has 1 unspecified atom stereocenters. The van der Waals surface area contributed by atoms with E-state index >= 15 is 0 Å². The van der Waals surface area contributed by atoms with E-state index in [1.54, 1.807) is 18.2 Å². The maximum atomic E-state index is 12.8. The molecule has 6 aliphatic rings. The number of para-hydroxylation sites is 5. The normalized spacial score (nSPS) is 15.4. The van der Waals surface area contributed by atoms with Crippen molar-refractivity contribution in [2.75, 3.05) is 47.8 Å². The van der Waals surface area contributed by atoms with Gasteiger partial charge in [0.25, 0.3) is 0 Å². The van der Waals surface area contributed by atoms with E-state index in [1.807, 2.05) is 212 Å². The summed E-state index contributed by atoms with van der Waals surface area (Å²) in [6.45, 7) is 8.19. The molecule has 0 saturated heterocycles.